The van der Waals surface area contributed by atoms with Gasteiger partial charge in [0.1, 0.15) is 5.69 Å². The molecule has 0 aliphatic rings. The molecule has 0 aliphatic heterocycles. The first-order chi connectivity index (χ1) is 7.24. The Morgan fingerprint density at radius 3 is 2.47 bits per heavy atom. The van der Waals surface area contributed by atoms with E-state index in [1.165, 1.54) is 5.69 Å². The number of benzene rings is 1. The SMILES string of the molecule is CCn1nc(-c2ccccc2)c(Br)c1C. The number of aryl methyl sites for hydroxylation is 1. The van der Waals surface area contributed by atoms with Crippen LogP contribution in [0.5, 0.6) is 0 Å². The van der Waals surface area contributed by atoms with Crippen LogP contribution in [-0.2, 0) is 6.54 Å². The molecular formula is C12H13BrN2. The molecule has 1 heterocycles. The molecule has 0 unspecified atom stereocenters. The normalized spacial score (nSPS) is 10.6. The first-order valence-corrected chi connectivity index (χ1v) is 5.81. The predicted molar refractivity (Wildman–Crippen MR) is 65.8 cm³/mol. The number of rotatable bonds is 2. The lowest BCUT2D eigenvalue weighted by atomic mass is 10.1. The number of halogens is 1. The van der Waals surface area contributed by atoms with Crippen molar-refractivity contribution in [1.82, 2.24) is 9.78 Å². The van der Waals surface area contributed by atoms with Crippen molar-refractivity contribution < 1.29 is 0 Å². The van der Waals surface area contributed by atoms with Crippen LogP contribution in [0, 0.1) is 6.92 Å². The summed E-state index contributed by atoms with van der Waals surface area (Å²) >= 11 is 3.60. The second-order valence-corrected chi connectivity index (χ2v) is 4.22. The van der Waals surface area contributed by atoms with E-state index in [0.29, 0.717) is 0 Å². The maximum atomic E-state index is 4.57. The van der Waals surface area contributed by atoms with Gasteiger partial charge in [-0.15, -0.1) is 0 Å². The van der Waals surface area contributed by atoms with Crippen molar-refractivity contribution in [1.29, 1.82) is 0 Å². The minimum atomic E-state index is 0.900. The second kappa shape index (κ2) is 4.19. The molecule has 0 fully saturated rings. The summed E-state index contributed by atoms with van der Waals surface area (Å²) in [5.41, 5.74) is 3.35. The molecule has 0 saturated carbocycles. The highest BCUT2D eigenvalue weighted by molar-refractivity contribution is 9.10. The number of nitrogens with zero attached hydrogens (tertiary/aromatic N) is 2. The third-order valence-electron chi connectivity index (χ3n) is 2.48. The van der Waals surface area contributed by atoms with Gasteiger partial charge < -0.3 is 0 Å². The summed E-state index contributed by atoms with van der Waals surface area (Å²) in [5.74, 6) is 0. The summed E-state index contributed by atoms with van der Waals surface area (Å²) in [6, 6.07) is 10.2. The van der Waals surface area contributed by atoms with Gasteiger partial charge in [0.05, 0.1) is 10.2 Å². The molecule has 0 amide bonds. The average molecular weight is 265 g/mol. The van der Waals surface area contributed by atoms with Crippen molar-refractivity contribution in [2.75, 3.05) is 0 Å². The summed E-state index contributed by atoms with van der Waals surface area (Å²) < 4.78 is 3.10. The van der Waals surface area contributed by atoms with Gasteiger partial charge in [0, 0.05) is 12.1 Å². The fourth-order valence-electron chi connectivity index (χ4n) is 1.61. The Hall–Kier alpha value is -1.09. The molecule has 0 aliphatic carbocycles. The lowest BCUT2D eigenvalue weighted by Gasteiger charge is -1.96. The van der Waals surface area contributed by atoms with Gasteiger partial charge in [0.25, 0.3) is 0 Å². The van der Waals surface area contributed by atoms with Crippen molar-refractivity contribution in [2.24, 2.45) is 0 Å². The molecule has 0 N–H and O–H groups in total. The molecule has 78 valence electrons. The molecule has 15 heavy (non-hydrogen) atoms. The molecule has 2 rings (SSSR count). The molecule has 1 aromatic carbocycles. The van der Waals surface area contributed by atoms with Crippen LogP contribution in [0.3, 0.4) is 0 Å². The van der Waals surface area contributed by atoms with Gasteiger partial charge in [-0.3, -0.25) is 4.68 Å². The molecule has 0 atom stereocenters. The van der Waals surface area contributed by atoms with Crippen molar-refractivity contribution in [3.8, 4) is 11.3 Å². The molecule has 2 aromatic rings. The Labute approximate surface area is 98.1 Å². The zero-order valence-electron chi connectivity index (χ0n) is 8.87. The van der Waals surface area contributed by atoms with E-state index in [4.69, 9.17) is 0 Å². The predicted octanol–water partition coefficient (Wildman–Crippen LogP) is 3.64. The summed E-state index contributed by atoms with van der Waals surface area (Å²) in [5, 5.41) is 4.57. The molecule has 3 heteroatoms. The van der Waals surface area contributed by atoms with Crippen LogP contribution >= 0.6 is 15.9 Å². The van der Waals surface area contributed by atoms with Crippen molar-refractivity contribution in [3.05, 3.63) is 40.5 Å². The third-order valence-corrected chi connectivity index (χ3v) is 3.43. The fourth-order valence-corrected chi connectivity index (χ4v) is 2.13. The topological polar surface area (TPSA) is 17.8 Å². The van der Waals surface area contributed by atoms with Crippen LogP contribution in [0.4, 0.5) is 0 Å². The van der Waals surface area contributed by atoms with Crippen LogP contribution in [-0.4, -0.2) is 9.78 Å². The van der Waals surface area contributed by atoms with Crippen LogP contribution in [0.1, 0.15) is 12.6 Å². The van der Waals surface area contributed by atoms with E-state index < -0.39 is 0 Å². The minimum absolute atomic E-state index is 0.900. The molecular weight excluding hydrogens is 252 g/mol. The second-order valence-electron chi connectivity index (χ2n) is 3.43. The first-order valence-electron chi connectivity index (χ1n) is 5.02. The zero-order valence-corrected chi connectivity index (χ0v) is 10.5. The summed E-state index contributed by atoms with van der Waals surface area (Å²) in [6.45, 7) is 5.07. The van der Waals surface area contributed by atoms with Crippen LogP contribution < -0.4 is 0 Å². The van der Waals surface area contributed by atoms with Crippen LogP contribution in [0.15, 0.2) is 34.8 Å². The molecule has 2 nitrogen and oxygen atoms in total. The Kier molecular flexibility index (Phi) is 2.91. The van der Waals surface area contributed by atoms with E-state index in [1.807, 2.05) is 22.9 Å². The Balaban J connectivity index is 2.55. The van der Waals surface area contributed by atoms with Crippen molar-refractivity contribution in [3.63, 3.8) is 0 Å². The molecule has 0 spiro atoms. The Morgan fingerprint density at radius 2 is 1.93 bits per heavy atom. The average Bonchev–Trinajstić information content (AvgIpc) is 2.57. The van der Waals surface area contributed by atoms with E-state index in [0.717, 1.165) is 22.3 Å². The van der Waals surface area contributed by atoms with E-state index in [1.54, 1.807) is 0 Å². The van der Waals surface area contributed by atoms with E-state index in [9.17, 15) is 0 Å². The summed E-state index contributed by atoms with van der Waals surface area (Å²) in [7, 11) is 0. The van der Waals surface area contributed by atoms with Crippen LogP contribution in [0.25, 0.3) is 11.3 Å². The highest BCUT2D eigenvalue weighted by atomic mass is 79.9. The highest BCUT2D eigenvalue weighted by Gasteiger charge is 2.12. The highest BCUT2D eigenvalue weighted by Crippen LogP contribution is 2.29. The number of aromatic nitrogens is 2. The van der Waals surface area contributed by atoms with Gasteiger partial charge in [0.2, 0.25) is 0 Å². The fraction of sp³-hybridized carbons (Fsp3) is 0.250. The molecule has 0 saturated heterocycles. The molecule has 0 radical (unpaired) electrons. The quantitative estimate of drug-likeness (QED) is 0.810. The van der Waals surface area contributed by atoms with E-state index >= 15 is 0 Å². The monoisotopic (exact) mass is 264 g/mol. The van der Waals surface area contributed by atoms with Gasteiger partial charge in [-0.05, 0) is 29.8 Å². The Morgan fingerprint density at radius 1 is 1.27 bits per heavy atom. The third kappa shape index (κ3) is 1.84. The van der Waals surface area contributed by atoms with E-state index in [-0.39, 0.29) is 0 Å². The Bertz CT molecular complexity index is 460. The summed E-state index contributed by atoms with van der Waals surface area (Å²) in [6.07, 6.45) is 0. The smallest absolute Gasteiger partial charge is 0.107 e. The molecule has 1 aromatic heterocycles. The molecule has 0 bridgehead atoms. The summed E-state index contributed by atoms with van der Waals surface area (Å²) in [4.78, 5) is 0. The maximum Gasteiger partial charge on any atom is 0.107 e. The lowest BCUT2D eigenvalue weighted by molar-refractivity contribution is 0.641. The standard InChI is InChI=1S/C12H13BrN2/c1-3-15-9(2)11(13)12(14-15)10-7-5-4-6-8-10/h4-8H,3H2,1-2H3. The number of hydrogen-bond acceptors (Lipinski definition) is 1. The van der Waals surface area contributed by atoms with E-state index in [2.05, 4.69) is 47.0 Å². The zero-order chi connectivity index (χ0) is 10.8. The van der Waals surface area contributed by atoms with Gasteiger partial charge in [-0.25, -0.2) is 0 Å². The van der Waals surface area contributed by atoms with Gasteiger partial charge in [-0.1, -0.05) is 30.3 Å². The first kappa shape index (κ1) is 10.4. The van der Waals surface area contributed by atoms with Gasteiger partial charge in [0.15, 0.2) is 0 Å². The largest absolute Gasteiger partial charge is 0.268 e. The van der Waals surface area contributed by atoms with Crippen LogP contribution in [0.2, 0.25) is 0 Å². The van der Waals surface area contributed by atoms with Gasteiger partial charge >= 0.3 is 0 Å². The van der Waals surface area contributed by atoms with Gasteiger partial charge in [-0.2, -0.15) is 5.10 Å². The lowest BCUT2D eigenvalue weighted by Crippen LogP contribution is -1.98. The minimum Gasteiger partial charge on any atom is -0.268 e. The maximum absolute atomic E-state index is 4.57. The number of hydrogen-bond donors (Lipinski definition) is 0. The van der Waals surface area contributed by atoms with Crippen molar-refractivity contribution in [2.45, 2.75) is 20.4 Å². The van der Waals surface area contributed by atoms with Crippen molar-refractivity contribution >= 4 is 15.9 Å².